The summed E-state index contributed by atoms with van der Waals surface area (Å²) < 4.78 is 32.6. The number of nitrogens with one attached hydrogen (secondary N) is 1. The molecule has 0 heterocycles. The third-order valence-corrected chi connectivity index (χ3v) is 8.08. The van der Waals surface area contributed by atoms with Gasteiger partial charge in [0.15, 0.2) is 0 Å². The van der Waals surface area contributed by atoms with E-state index in [0.717, 1.165) is 29.0 Å². The van der Waals surface area contributed by atoms with Crippen molar-refractivity contribution in [3.8, 4) is 5.75 Å². The number of nitrogens with zero attached hydrogens (tertiary/aromatic N) is 2. The molecule has 220 valence electrons. The Labute approximate surface area is 248 Å². The Balaban J connectivity index is 1.84. The van der Waals surface area contributed by atoms with Crippen LogP contribution in [-0.2, 0) is 32.8 Å². The molecule has 1 atom stereocenters. The molecule has 8 nitrogen and oxygen atoms in total. The number of halogens is 1. The van der Waals surface area contributed by atoms with Gasteiger partial charge in [0.25, 0.3) is 0 Å². The number of rotatable bonds is 15. The van der Waals surface area contributed by atoms with Crippen LogP contribution < -0.4 is 14.4 Å². The molecule has 3 aromatic carbocycles. The number of sulfonamides is 1. The van der Waals surface area contributed by atoms with Gasteiger partial charge in [-0.25, -0.2) is 8.42 Å². The van der Waals surface area contributed by atoms with Crippen LogP contribution in [0.3, 0.4) is 0 Å². The van der Waals surface area contributed by atoms with Crippen LogP contribution in [0.4, 0.5) is 5.69 Å². The average Bonchev–Trinajstić information content (AvgIpc) is 2.96. The quantitative estimate of drug-likeness (QED) is 0.236. The number of benzene rings is 3. The van der Waals surface area contributed by atoms with Crippen molar-refractivity contribution in [3.63, 3.8) is 0 Å². The topological polar surface area (TPSA) is 96.0 Å². The first-order valence-electron chi connectivity index (χ1n) is 13.7. The molecule has 0 fully saturated rings. The zero-order valence-corrected chi connectivity index (χ0v) is 25.3. The fraction of sp³-hybridized carbons (Fsp3) is 0.355. The van der Waals surface area contributed by atoms with Crippen LogP contribution in [0.1, 0.15) is 44.2 Å². The number of amides is 2. The summed E-state index contributed by atoms with van der Waals surface area (Å²) in [7, 11) is -3.85. The van der Waals surface area contributed by atoms with Gasteiger partial charge in [-0.2, -0.15) is 0 Å². The van der Waals surface area contributed by atoms with Crippen LogP contribution in [0.15, 0.2) is 78.9 Å². The molecule has 0 spiro atoms. The van der Waals surface area contributed by atoms with E-state index in [1.807, 2.05) is 44.2 Å². The van der Waals surface area contributed by atoms with Crippen molar-refractivity contribution in [2.45, 2.75) is 52.3 Å². The summed E-state index contributed by atoms with van der Waals surface area (Å²) in [5, 5.41) is 3.36. The summed E-state index contributed by atoms with van der Waals surface area (Å²) >= 11 is 6.40. The summed E-state index contributed by atoms with van der Waals surface area (Å²) in [5.74, 6) is -0.239. The van der Waals surface area contributed by atoms with Gasteiger partial charge in [-0.1, -0.05) is 80.4 Å². The van der Waals surface area contributed by atoms with Crippen molar-refractivity contribution < 1.29 is 22.7 Å². The highest BCUT2D eigenvalue weighted by atomic mass is 35.5. The van der Waals surface area contributed by atoms with Gasteiger partial charge in [-0.3, -0.25) is 13.9 Å². The molecular formula is C31H38ClN3O5S. The smallest absolute Gasteiger partial charge is 0.244 e. The third-order valence-electron chi connectivity index (χ3n) is 6.57. The lowest BCUT2D eigenvalue weighted by Crippen LogP contribution is -2.52. The van der Waals surface area contributed by atoms with Gasteiger partial charge in [-0.05, 0) is 54.3 Å². The second-order valence-electron chi connectivity index (χ2n) is 9.72. The summed E-state index contributed by atoms with van der Waals surface area (Å²) in [6.07, 6.45) is 3.13. The van der Waals surface area contributed by atoms with Gasteiger partial charge in [0, 0.05) is 18.1 Å². The number of unbranched alkanes of at least 4 members (excludes halogenated alkanes) is 1. The first-order valence-corrected chi connectivity index (χ1v) is 15.9. The molecule has 0 aliphatic carbocycles. The van der Waals surface area contributed by atoms with E-state index in [1.165, 1.54) is 4.90 Å². The lowest BCUT2D eigenvalue weighted by Gasteiger charge is -2.33. The molecule has 0 aromatic heterocycles. The number of hydrogen-bond acceptors (Lipinski definition) is 5. The zero-order chi connectivity index (χ0) is 29.8. The van der Waals surface area contributed by atoms with E-state index >= 15 is 0 Å². The molecule has 0 aliphatic heterocycles. The minimum atomic E-state index is -3.85. The van der Waals surface area contributed by atoms with Crippen molar-refractivity contribution in [3.05, 3.63) is 95.0 Å². The van der Waals surface area contributed by atoms with Crippen molar-refractivity contribution in [1.82, 2.24) is 10.2 Å². The SMILES string of the molecule is CCCCNC(=O)[C@H](CC)N(Cc1ccccc1Cl)C(=O)CN(c1ccc(OCc2ccccc2)cc1)S(C)(=O)=O. The number of hydrogen-bond donors (Lipinski definition) is 1. The van der Waals surface area contributed by atoms with Gasteiger partial charge in [0.2, 0.25) is 21.8 Å². The van der Waals surface area contributed by atoms with E-state index in [-0.39, 0.29) is 12.5 Å². The molecule has 0 aliphatic rings. The Morgan fingerprint density at radius 1 is 0.951 bits per heavy atom. The van der Waals surface area contributed by atoms with E-state index in [1.54, 1.807) is 48.5 Å². The first-order chi connectivity index (χ1) is 19.6. The molecule has 0 saturated heterocycles. The Hall–Kier alpha value is -3.56. The molecule has 0 unspecified atom stereocenters. The minimum Gasteiger partial charge on any atom is -0.489 e. The number of carbonyl (C=O) groups is 2. The predicted molar refractivity (Wildman–Crippen MR) is 163 cm³/mol. The average molecular weight is 600 g/mol. The molecular weight excluding hydrogens is 562 g/mol. The maximum atomic E-state index is 13.8. The Morgan fingerprint density at radius 2 is 1.61 bits per heavy atom. The molecule has 0 saturated carbocycles. The molecule has 3 aromatic rings. The van der Waals surface area contributed by atoms with Crippen LogP contribution in [0.2, 0.25) is 5.02 Å². The molecule has 3 rings (SSSR count). The van der Waals surface area contributed by atoms with Gasteiger partial charge in [0.05, 0.1) is 11.9 Å². The monoisotopic (exact) mass is 599 g/mol. The predicted octanol–water partition coefficient (Wildman–Crippen LogP) is 5.41. The molecule has 2 amide bonds. The fourth-order valence-electron chi connectivity index (χ4n) is 4.30. The summed E-state index contributed by atoms with van der Waals surface area (Å²) in [6, 6.07) is 22.5. The van der Waals surface area contributed by atoms with Crippen LogP contribution in [0.5, 0.6) is 5.75 Å². The van der Waals surface area contributed by atoms with Gasteiger partial charge >= 0.3 is 0 Å². The van der Waals surface area contributed by atoms with Crippen LogP contribution >= 0.6 is 11.6 Å². The second-order valence-corrected chi connectivity index (χ2v) is 12.0. The van der Waals surface area contributed by atoms with Crippen LogP contribution in [0.25, 0.3) is 0 Å². The molecule has 0 bridgehead atoms. The number of anilines is 1. The largest absolute Gasteiger partial charge is 0.489 e. The minimum absolute atomic E-state index is 0.0576. The van der Waals surface area contributed by atoms with Crippen molar-refractivity contribution in [1.29, 1.82) is 0 Å². The lowest BCUT2D eigenvalue weighted by molar-refractivity contribution is -0.140. The highest BCUT2D eigenvalue weighted by molar-refractivity contribution is 7.92. The normalized spacial score (nSPS) is 11.9. The first kappa shape index (κ1) is 32.0. The Morgan fingerprint density at radius 3 is 2.22 bits per heavy atom. The maximum Gasteiger partial charge on any atom is 0.244 e. The van der Waals surface area contributed by atoms with E-state index < -0.39 is 28.5 Å². The second kappa shape index (κ2) is 15.4. The maximum absolute atomic E-state index is 13.8. The molecule has 10 heteroatoms. The third kappa shape index (κ3) is 9.50. The Kier molecular flexibility index (Phi) is 12.0. The fourth-order valence-corrected chi connectivity index (χ4v) is 5.34. The van der Waals surface area contributed by atoms with Crippen LogP contribution in [0, 0.1) is 0 Å². The van der Waals surface area contributed by atoms with Crippen molar-refractivity contribution >= 4 is 39.1 Å². The highest BCUT2D eigenvalue weighted by Gasteiger charge is 2.32. The molecule has 41 heavy (non-hydrogen) atoms. The van der Waals surface area contributed by atoms with E-state index in [2.05, 4.69) is 5.32 Å². The molecule has 1 N–H and O–H groups in total. The summed E-state index contributed by atoms with van der Waals surface area (Å²) in [5.41, 5.74) is 1.97. The van der Waals surface area contributed by atoms with Crippen molar-refractivity contribution in [2.24, 2.45) is 0 Å². The van der Waals surface area contributed by atoms with E-state index in [9.17, 15) is 18.0 Å². The van der Waals surface area contributed by atoms with Gasteiger partial charge in [0.1, 0.15) is 24.9 Å². The Bertz CT molecular complexity index is 1380. The summed E-state index contributed by atoms with van der Waals surface area (Å²) in [6.45, 7) is 4.28. The standard InChI is InChI=1S/C31H38ClN3O5S/c1-4-6-20-33-31(37)29(5-2)34(21-25-14-10-11-15-28(25)32)30(36)22-35(41(3,38)39)26-16-18-27(19-17-26)40-23-24-12-8-7-9-13-24/h7-19,29H,4-6,20-23H2,1-3H3,(H,33,37)/t29-/m0/s1. The molecule has 0 radical (unpaired) electrons. The number of carbonyl (C=O) groups excluding carboxylic acids is 2. The van der Waals surface area contributed by atoms with Gasteiger partial charge < -0.3 is 15.0 Å². The zero-order valence-electron chi connectivity index (χ0n) is 23.8. The summed E-state index contributed by atoms with van der Waals surface area (Å²) in [4.78, 5) is 28.4. The number of ether oxygens (including phenoxy) is 1. The van der Waals surface area contributed by atoms with E-state index in [4.69, 9.17) is 16.3 Å². The van der Waals surface area contributed by atoms with Gasteiger partial charge in [-0.15, -0.1) is 0 Å². The van der Waals surface area contributed by atoms with Crippen molar-refractivity contribution in [2.75, 3.05) is 23.7 Å². The lowest BCUT2D eigenvalue weighted by atomic mass is 10.1. The van der Waals surface area contributed by atoms with E-state index in [0.29, 0.717) is 41.6 Å². The van der Waals surface area contributed by atoms with Crippen LogP contribution in [-0.4, -0.2) is 50.5 Å². The highest BCUT2D eigenvalue weighted by Crippen LogP contribution is 2.24.